The lowest BCUT2D eigenvalue weighted by atomic mass is 10.2. The summed E-state index contributed by atoms with van der Waals surface area (Å²) in [5.74, 6) is -0.211. The molecule has 0 unspecified atom stereocenters. The molecule has 23 heavy (non-hydrogen) atoms. The molecule has 0 aliphatic heterocycles. The number of pyridine rings is 1. The number of aromatic amines is 1. The van der Waals surface area contributed by atoms with Gasteiger partial charge in [-0.2, -0.15) is 4.57 Å². The Bertz CT molecular complexity index is 980. The molecule has 1 N–H and O–H groups in total. The van der Waals surface area contributed by atoms with Crippen molar-refractivity contribution in [2.75, 3.05) is 0 Å². The van der Waals surface area contributed by atoms with Gasteiger partial charge in [0.25, 0.3) is 0 Å². The van der Waals surface area contributed by atoms with Crippen molar-refractivity contribution >= 4 is 33.4 Å². The number of benzene rings is 2. The lowest BCUT2D eigenvalue weighted by Crippen LogP contribution is -3.00. The third-order valence-electron chi connectivity index (χ3n) is 3.84. The summed E-state index contributed by atoms with van der Waals surface area (Å²) in [6.45, 7) is 0.701. The minimum Gasteiger partial charge on any atom is -1.00 e. The van der Waals surface area contributed by atoms with Gasteiger partial charge in [0, 0.05) is 32.9 Å². The van der Waals surface area contributed by atoms with Gasteiger partial charge in [-0.15, -0.1) is 0 Å². The Balaban J connectivity index is 0.00000156. The summed E-state index contributed by atoms with van der Waals surface area (Å²) in [5.41, 5.74) is 3.19. The molecular formula is C18H13BrClFN2. The molecule has 0 aliphatic carbocycles. The third-order valence-corrected chi connectivity index (χ3v) is 4.07. The van der Waals surface area contributed by atoms with E-state index in [9.17, 15) is 4.39 Å². The van der Waals surface area contributed by atoms with Gasteiger partial charge in [0.2, 0.25) is 0 Å². The van der Waals surface area contributed by atoms with E-state index < -0.39 is 0 Å². The molecule has 0 fully saturated rings. The predicted molar refractivity (Wildman–Crippen MR) is 86.5 cm³/mol. The van der Waals surface area contributed by atoms with Crippen molar-refractivity contribution in [3.8, 4) is 0 Å². The molecule has 0 bridgehead atoms. The van der Waals surface area contributed by atoms with Crippen molar-refractivity contribution in [1.29, 1.82) is 0 Å². The predicted octanol–water partition coefficient (Wildman–Crippen LogP) is 1.45. The van der Waals surface area contributed by atoms with Crippen LogP contribution in [0.25, 0.3) is 21.8 Å². The summed E-state index contributed by atoms with van der Waals surface area (Å²) in [7, 11) is 0. The molecule has 116 valence electrons. The lowest BCUT2D eigenvalue weighted by molar-refractivity contribution is -0.687. The van der Waals surface area contributed by atoms with E-state index in [1.807, 2.05) is 24.4 Å². The first-order valence-electron chi connectivity index (χ1n) is 7.03. The SMILES string of the molecule is Fc1ccc(C[n+]2ccc3c(c2)[nH]c2ccc(Cl)cc23)cc1.[Br-]. The second-order valence-corrected chi connectivity index (χ2v) is 5.82. The van der Waals surface area contributed by atoms with E-state index in [0.717, 1.165) is 32.4 Å². The van der Waals surface area contributed by atoms with E-state index in [1.54, 1.807) is 12.1 Å². The molecule has 0 amide bonds. The van der Waals surface area contributed by atoms with Gasteiger partial charge >= 0.3 is 0 Å². The van der Waals surface area contributed by atoms with Crippen molar-refractivity contribution in [2.24, 2.45) is 0 Å². The van der Waals surface area contributed by atoms with E-state index in [1.165, 1.54) is 12.1 Å². The molecule has 4 rings (SSSR count). The number of nitrogens with one attached hydrogen (secondary N) is 1. The zero-order chi connectivity index (χ0) is 15.1. The van der Waals surface area contributed by atoms with Gasteiger partial charge in [0.1, 0.15) is 11.3 Å². The second kappa shape index (κ2) is 6.30. The minimum absolute atomic E-state index is 0. The number of nitrogens with zero attached hydrogens (tertiary/aromatic N) is 1. The van der Waals surface area contributed by atoms with Crippen LogP contribution in [0.1, 0.15) is 5.56 Å². The summed E-state index contributed by atoms with van der Waals surface area (Å²) < 4.78 is 15.0. The van der Waals surface area contributed by atoms with E-state index in [-0.39, 0.29) is 22.8 Å². The first-order chi connectivity index (χ1) is 10.7. The van der Waals surface area contributed by atoms with Gasteiger partial charge in [0.15, 0.2) is 18.9 Å². The Morgan fingerprint density at radius 2 is 1.74 bits per heavy atom. The van der Waals surface area contributed by atoms with Crippen molar-refractivity contribution in [1.82, 2.24) is 4.98 Å². The first kappa shape index (κ1) is 16.0. The third kappa shape index (κ3) is 3.09. The number of H-pyrrole nitrogens is 1. The van der Waals surface area contributed by atoms with Crippen LogP contribution in [0.2, 0.25) is 5.02 Å². The largest absolute Gasteiger partial charge is 1.00 e. The Morgan fingerprint density at radius 3 is 2.52 bits per heavy atom. The maximum Gasteiger partial charge on any atom is 0.193 e. The number of halogens is 3. The van der Waals surface area contributed by atoms with Gasteiger partial charge in [-0.05, 0) is 42.5 Å². The highest BCUT2D eigenvalue weighted by atomic mass is 79.9. The maximum atomic E-state index is 13.0. The van der Waals surface area contributed by atoms with Crippen LogP contribution < -0.4 is 21.5 Å². The normalized spacial score (nSPS) is 10.9. The first-order valence-corrected chi connectivity index (χ1v) is 7.41. The van der Waals surface area contributed by atoms with Gasteiger partial charge in [0.05, 0.1) is 0 Å². The van der Waals surface area contributed by atoms with Crippen LogP contribution in [0.4, 0.5) is 4.39 Å². The highest BCUT2D eigenvalue weighted by molar-refractivity contribution is 6.31. The number of hydrogen-bond donors (Lipinski definition) is 1. The Labute approximate surface area is 148 Å². The number of rotatable bonds is 2. The number of aromatic nitrogens is 2. The molecule has 0 saturated carbocycles. The van der Waals surface area contributed by atoms with Crippen LogP contribution in [0.15, 0.2) is 60.9 Å². The van der Waals surface area contributed by atoms with Crippen molar-refractivity contribution < 1.29 is 25.9 Å². The maximum absolute atomic E-state index is 13.0. The Kier molecular flexibility index (Phi) is 4.37. The summed E-state index contributed by atoms with van der Waals surface area (Å²) in [6, 6.07) is 14.5. The van der Waals surface area contributed by atoms with Crippen LogP contribution in [-0.4, -0.2) is 4.98 Å². The molecule has 5 heteroatoms. The molecule has 2 nitrogen and oxygen atoms in total. The van der Waals surface area contributed by atoms with E-state index in [0.29, 0.717) is 6.54 Å². The van der Waals surface area contributed by atoms with Gasteiger partial charge in [-0.3, -0.25) is 0 Å². The van der Waals surface area contributed by atoms with Crippen LogP contribution >= 0.6 is 11.6 Å². The zero-order valence-electron chi connectivity index (χ0n) is 12.1. The molecule has 4 aromatic rings. The van der Waals surface area contributed by atoms with Crippen LogP contribution in [0.3, 0.4) is 0 Å². The monoisotopic (exact) mass is 390 g/mol. The highest BCUT2D eigenvalue weighted by Crippen LogP contribution is 2.26. The molecule has 0 spiro atoms. The fourth-order valence-corrected chi connectivity index (χ4v) is 2.94. The fraction of sp³-hybridized carbons (Fsp3) is 0.0556. The zero-order valence-corrected chi connectivity index (χ0v) is 14.4. The average Bonchev–Trinajstić information content (AvgIpc) is 2.87. The molecule has 0 saturated heterocycles. The molecule has 2 heterocycles. The molecular weight excluding hydrogens is 379 g/mol. The van der Waals surface area contributed by atoms with E-state index >= 15 is 0 Å². The minimum atomic E-state index is -0.211. The van der Waals surface area contributed by atoms with Crippen LogP contribution in [0.5, 0.6) is 0 Å². The Hall–Kier alpha value is -1.91. The van der Waals surface area contributed by atoms with Crippen molar-refractivity contribution in [3.63, 3.8) is 0 Å². The fourth-order valence-electron chi connectivity index (χ4n) is 2.77. The lowest BCUT2D eigenvalue weighted by Gasteiger charge is -1.98. The topological polar surface area (TPSA) is 19.7 Å². The standard InChI is InChI=1S/C18H12ClFN2.BrH/c19-13-3-6-17-16(9-13)15-7-8-22(11-18(15)21-17)10-12-1-4-14(20)5-2-12;/h1-9,11H,10H2;1H. The van der Waals surface area contributed by atoms with Crippen molar-refractivity contribution in [3.05, 3.63) is 77.3 Å². The van der Waals surface area contributed by atoms with Crippen LogP contribution in [-0.2, 0) is 6.54 Å². The smallest absolute Gasteiger partial charge is 0.193 e. The van der Waals surface area contributed by atoms with E-state index in [2.05, 4.69) is 21.8 Å². The molecule has 2 aromatic carbocycles. The molecule has 0 aliphatic rings. The van der Waals surface area contributed by atoms with Gasteiger partial charge in [-0.25, -0.2) is 4.39 Å². The second-order valence-electron chi connectivity index (χ2n) is 5.39. The summed E-state index contributed by atoms with van der Waals surface area (Å²) in [6.07, 6.45) is 4.09. The average molecular weight is 392 g/mol. The number of fused-ring (bicyclic) bond motifs is 3. The van der Waals surface area contributed by atoms with Gasteiger partial charge in [-0.1, -0.05) is 11.6 Å². The highest BCUT2D eigenvalue weighted by Gasteiger charge is 2.10. The number of hydrogen-bond acceptors (Lipinski definition) is 0. The molecule has 2 aromatic heterocycles. The summed E-state index contributed by atoms with van der Waals surface area (Å²) in [5, 5.41) is 3.00. The molecule has 0 radical (unpaired) electrons. The molecule has 0 atom stereocenters. The van der Waals surface area contributed by atoms with E-state index in [4.69, 9.17) is 11.6 Å². The van der Waals surface area contributed by atoms with Gasteiger partial charge < -0.3 is 22.0 Å². The van der Waals surface area contributed by atoms with Crippen LogP contribution in [0, 0.1) is 5.82 Å². The summed E-state index contributed by atoms with van der Waals surface area (Å²) >= 11 is 6.08. The Morgan fingerprint density at radius 1 is 0.957 bits per heavy atom. The van der Waals surface area contributed by atoms with Crippen molar-refractivity contribution in [2.45, 2.75) is 6.54 Å². The quantitative estimate of drug-likeness (QED) is 0.499. The summed E-state index contributed by atoms with van der Waals surface area (Å²) in [4.78, 5) is 3.40.